The van der Waals surface area contributed by atoms with Crippen molar-refractivity contribution in [2.24, 2.45) is 5.41 Å². The summed E-state index contributed by atoms with van der Waals surface area (Å²) < 4.78 is 39.8. The van der Waals surface area contributed by atoms with Crippen LogP contribution in [0.2, 0.25) is 0 Å². The minimum Gasteiger partial charge on any atom is -0.392 e. The van der Waals surface area contributed by atoms with Crippen molar-refractivity contribution in [3.8, 4) is 0 Å². The van der Waals surface area contributed by atoms with Gasteiger partial charge in [-0.25, -0.2) is 12.8 Å². The van der Waals surface area contributed by atoms with Crippen LogP contribution < -0.4 is 0 Å². The highest BCUT2D eigenvalue weighted by Gasteiger charge is 2.47. The maximum Gasteiger partial charge on any atom is 0.243 e. The second kappa shape index (κ2) is 5.34. The Morgan fingerprint density at radius 1 is 1.19 bits per heavy atom. The highest BCUT2D eigenvalue weighted by atomic mass is 32.2. The summed E-state index contributed by atoms with van der Waals surface area (Å²) in [5, 5.41) is 10.2. The fourth-order valence-corrected chi connectivity index (χ4v) is 5.25. The summed E-state index contributed by atoms with van der Waals surface area (Å²) in [4.78, 5) is 0.119. The maximum absolute atomic E-state index is 13.0. The summed E-state index contributed by atoms with van der Waals surface area (Å²) in [6.07, 6.45) is 3.81. The Labute approximate surface area is 124 Å². The number of rotatable bonds is 2. The van der Waals surface area contributed by atoms with Gasteiger partial charge < -0.3 is 5.11 Å². The summed E-state index contributed by atoms with van der Waals surface area (Å²) in [6, 6.07) is 4.93. The Morgan fingerprint density at radius 2 is 1.86 bits per heavy atom. The second-order valence-electron chi connectivity index (χ2n) is 6.17. The number of benzene rings is 1. The van der Waals surface area contributed by atoms with Crippen LogP contribution >= 0.6 is 0 Å². The summed E-state index contributed by atoms with van der Waals surface area (Å²) in [7, 11) is -3.61. The molecule has 1 aliphatic heterocycles. The molecular weight excluding hydrogens is 293 g/mol. The third kappa shape index (κ3) is 2.60. The summed E-state index contributed by atoms with van der Waals surface area (Å²) in [5.74, 6) is -0.449. The molecule has 0 aromatic heterocycles. The third-order valence-electron chi connectivity index (χ3n) is 4.88. The molecule has 116 valence electrons. The number of hydrogen-bond donors (Lipinski definition) is 1. The van der Waals surface area contributed by atoms with Crippen LogP contribution in [0.5, 0.6) is 0 Å². The zero-order valence-corrected chi connectivity index (χ0v) is 12.7. The van der Waals surface area contributed by atoms with Crippen LogP contribution in [-0.2, 0) is 10.0 Å². The molecule has 1 heterocycles. The van der Waals surface area contributed by atoms with Gasteiger partial charge in [-0.1, -0.05) is 6.42 Å². The lowest BCUT2D eigenvalue weighted by atomic mass is 9.77. The Balaban J connectivity index is 1.87. The van der Waals surface area contributed by atoms with E-state index in [4.69, 9.17) is 0 Å². The van der Waals surface area contributed by atoms with Gasteiger partial charge in [-0.15, -0.1) is 0 Å². The van der Waals surface area contributed by atoms with E-state index in [0.717, 1.165) is 44.2 Å². The van der Waals surface area contributed by atoms with Crippen molar-refractivity contribution >= 4 is 10.0 Å². The predicted molar refractivity (Wildman–Crippen MR) is 76.7 cm³/mol. The van der Waals surface area contributed by atoms with E-state index >= 15 is 0 Å². The third-order valence-corrected chi connectivity index (χ3v) is 6.74. The molecule has 2 fully saturated rings. The summed E-state index contributed by atoms with van der Waals surface area (Å²) in [5.41, 5.74) is -0.286. The number of hydrogen-bond acceptors (Lipinski definition) is 3. The molecular formula is C15H20FNO3S. The zero-order valence-electron chi connectivity index (χ0n) is 11.8. The average Bonchev–Trinajstić information content (AvgIpc) is 2.80. The van der Waals surface area contributed by atoms with Gasteiger partial charge in [0.25, 0.3) is 0 Å². The lowest BCUT2D eigenvalue weighted by molar-refractivity contribution is 0.0127. The van der Waals surface area contributed by atoms with Gasteiger partial charge in [0.2, 0.25) is 10.0 Å². The van der Waals surface area contributed by atoms with E-state index in [-0.39, 0.29) is 10.3 Å². The number of sulfonamides is 1. The molecule has 4 nitrogen and oxygen atoms in total. The molecule has 1 saturated carbocycles. The molecule has 2 aliphatic rings. The molecule has 0 bridgehead atoms. The van der Waals surface area contributed by atoms with E-state index < -0.39 is 21.9 Å². The maximum atomic E-state index is 13.0. The van der Waals surface area contributed by atoms with Crippen molar-refractivity contribution in [3.63, 3.8) is 0 Å². The molecule has 3 rings (SSSR count). The second-order valence-corrected chi connectivity index (χ2v) is 8.10. The standard InChI is InChI=1S/C15H20FNO3S/c16-12-4-6-13(7-5-12)21(19,20)17-10-2-9-15(11-17)8-1-3-14(15)18/h4-7,14,18H,1-3,8-11H2/t14?,15-/m0/s1. The van der Waals surface area contributed by atoms with Gasteiger partial charge in [-0.3, -0.25) is 0 Å². The summed E-state index contributed by atoms with van der Waals surface area (Å²) >= 11 is 0. The fraction of sp³-hybridized carbons (Fsp3) is 0.600. The molecule has 1 spiro atoms. The van der Waals surface area contributed by atoms with Gasteiger partial charge in [0.15, 0.2) is 0 Å². The van der Waals surface area contributed by atoms with Gasteiger partial charge in [-0.05, 0) is 49.9 Å². The van der Waals surface area contributed by atoms with Gasteiger partial charge >= 0.3 is 0 Å². The molecule has 0 radical (unpaired) electrons. The van der Waals surface area contributed by atoms with E-state index in [0.29, 0.717) is 13.1 Å². The van der Waals surface area contributed by atoms with E-state index in [1.807, 2.05) is 0 Å². The van der Waals surface area contributed by atoms with Crippen LogP contribution in [0.1, 0.15) is 32.1 Å². The van der Waals surface area contributed by atoms with E-state index in [2.05, 4.69) is 0 Å². The van der Waals surface area contributed by atoms with Crippen LogP contribution in [0.4, 0.5) is 4.39 Å². The molecule has 1 aliphatic carbocycles. The Morgan fingerprint density at radius 3 is 2.48 bits per heavy atom. The molecule has 1 N–H and O–H groups in total. The molecule has 6 heteroatoms. The van der Waals surface area contributed by atoms with E-state index in [1.54, 1.807) is 0 Å². The highest BCUT2D eigenvalue weighted by molar-refractivity contribution is 7.89. The van der Waals surface area contributed by atoms with E-state index in [9.17, 15) is 17.9 Å². The number of nitrogens with zero attached hydrogens (tertiary/aromatic N) is 1. The first-order valence-corrected chi connectivity index (χ1v) is 8.82. The van der Waals surface area contributed by atoms with Crippen molar-refractivity contribution in [1.82, 2.24) is 4.31 Å². The first kappa shape index (κ1) is 14.9. The minimum absolute atomic E-state index is 0.119. The lowest BCUT2D eigenvalue weighted by Gasteiger charge is -2.41. The first-order chi connectivity index (χ1) is 9.94. The van der Waals surface area contributed by atoms with Crippen LogP contribution in [0.15, 0.2) is 29.2 Å². The number of aliphatic hydroxyl groups is 1. The fourth-order valence-electron chi connectivity index (χ4n) is 3.67. The molecule has 2 atom stereocenters. The van der Waals surface area contributed by atoms with Gasteiger partial charge in [0.1, 0.15) is 5.82 Å². The zero-order chi connectivity index (χ0) is 15.1. The van der Waals surface area contributed by atoms with Crippen molar-refractivity contribution in [3.05, 3.63) is 30.1 Å². The summed E-state index contributed by atoms with van der Waals surface area (Å²) in [6.45, 7) is 0.835. The Bertz CT molecular complexity index is 616. The SMILES string of the molecule is O=S(=O)(c1ccc(F)cc1)N1CCC[C@@]2(CCCC2O)C1. The average molecular weight is 313 g/mol. The number of piperidine rings is 1. The van der Waals surface area contributed by atoms with Crippen molar-refractivity contribution in [2.45, 2.75) is 43.1 Å². The van der Waals surface area contributed by atoms with Gasteiger partial charge in [0.05, 0.1) is 11.0 Å². The van der Waals surface area contributed by atoms with Crippen LogP contribution in [-0.4, -0.2) is 37.0 Å². The molecule has 0 amide bonds. The molecule has 1 aromatic rings. The Hall–Kier alpha value is -0.980. The number of halogens is 1. The first-order valence-electron chi connectivity index (χ1n) is 7.38. The van der Waals surface area contributed by atoms with Crippen molar-refractivity contribution in [2.75, 3.05) is 13.1 Å². The van der Waals surface area contributed by atoms with Crippen molar-refractivity contribution in [1.29, 1.82) is 0 Å². The highest BCUT2D eigenvalue weighted by Crippen LogP contribution is 2.45. The molecule has 1 aromatic carbocycles. The van der Waals surface area contributed by atoms with E-state index in [1.165, 1.54) is 16.4 Å². The molecule has 1 saturated heterocycles. The topological polar surface area (TPSA) is 57.6 Å². The van der Waals surface area contributed by atoms with Crippen LogP contribution in [0.3, 0.4) is 0 Å². The smallest absolute Gasteiger partial charge is 0.243 e. The normalized spacial score (nSPS) is 30.9. The molecule has 21 heavy (non-hydrogen) atoms. The quantitative estimate of drug-likeness (QED) is 0.910. The molecule has 1 unspecified atom stereocenters. The van der Waals surface area contributed by atoms with Gasteiger partial charge in [0, 0.05) is 18.5 Å². The minimum atomic E-state index is -3.61. The van der Waals surface area contributed by atoms with Crippen LogP contribution in [0, 0.1) is 11.2 Å². The van der Waals surface area contributed by atoms with Crippen molar-refractivity contribution < 1.29 is 17.9 Å². The monoisotopic (exact) mass is 313 g/mol. The number of aliphatic hydroxyl groups excluding tert-OH is 1. The lowest BCUT2D eigenvalue weighted by Crippen LogP contribution is -2.49. The van der Waals surface area contributed by atoms with Crippen LogP contribution in [0.25, 0.3) is 0 Å². The Kier molecular flexibility index (Phi) is 3.80. The largest absolute Gasteiger partial charge is 0.392 e. The predicted octanol–water partition coefficient (Wildman–Crippen LogP) is 2.14. The van der Waals surface area contributed by atoms with Gasteiger partial charge in [-0.2, -0.15) is 4.31 Å².